The fourth-order valence-corrected chi connectivity index (χ4v) is 7.91. The second kappa shape index (κ2) is 14.7. The van der Waals surface area contributed by atoms with E-state index >= 15 is 0 Å². The van der Waals surface area contributed by atoms with Gasteiger partial charge in [-0.15, -0.1) is 0 Å². The lowest BCUT2D eigenvalue weighted by atomic mass is 9.94. The Bertz CT molecular complexity index is 1400. The number of piperidine rings is 1. The average molecular weight is 673 g/mol. The minimum Gasteiger partial charge on any atom is -0.505 e. The average Bonchev–Trinajstić information content (AvgIpc) is 3.25. The van der Waals surface area contributed by atoms with Crippen molar-refractivity contribution in [2.45, 2.75) is 76.0 Å². The Balaban J connectivity index is 1.09. The summed E-state index contributed by atoms with van der Waals surface area (Å²) in [5, 5.41) is 13.2. The first kappa shape index (κ1) is 32.7. The van der Waals surface area contributed by atoms with Crippen LogP contribution in [-0.2, 0) is 22.4 Å². The molecule has 46 heavy (non-hydrogen) atoms. The van der Waals surface area contributed by atoms with Gasteiger partial charge in [0.15, 0.2) is 11.9 Å². The zero-order valence-corrected chi connectivity index (χ0v) is 27.6. The topological polar surface area (TPSA) is 106 Å². The van der Waals surface area contributed by atoms with Gasteiger partial charge in [0.25, 0.3) is 5.91 Å². The number of benzene rings is 2. The number of hydrogen-bond acceptors (Lipinski definition) is 6. The van der Waals surface area contributed by atoms with E-state index < -0.39 is 12.2 Å². The minimum atomic E-state index is -1.07. The molecule has 6 rings (SSSR count). The van der Waals surface area contributed by atoms with Gasteiger partial charge in [-0.25, -0.2) is 9.59 Å². The van der Waals surface area contributed by atoms with E-state index in [1.807, 2.05) is 29.2 Å². The lowest BCUT2D eigenvalue weighted by Gasteiger charge is -2.41. The van der Waals surface area contributed by atoms with Gasteiger partial charge in [0, 0.05) is 70.0 Å². The van der Waals surface area contributed by atoms with Gasteiger partial charge in [0.05, 0.1) is 10.0 Å². The van der Waals surface area contributed by atoms with Crippen LogP contribution in [0.1, 0.15) is 56.1 Å². The number of halogens is 2. The fourth-order valence-electron chi connectivity index (χ4n) is 7.38. The summed E-state index contributed by atoms with van der Waals surface area (Å²) in [5.74, 6) is -0.469. The number of aromatic hydroxyl groups is 1. The number of phenols is 1. The number of nitrogens with zero attached hydrogens (tertiary/aromatic N) is 4. The quantitative estimate of drug-likeness (QED) is 0.404. The largest absolute Gasteiger partial charge is 0.505 e. The number of hydrogen-bond donors (Lipinski definition) is 2. The summed E-state index contributed by atoms with van der Waals surface area (Å²) in [6, 6.07) is 11.4. The molecule has 4 amide bonds. The van der Waals surface area contributed by atoms with Crippen LogP contribution in [0.2, 0.25) is 10.0 Å². The van der Waals surface area contributed by atoms with Crippen LogP contribution in [-0.4, -0.2) is 107 Å². The second-order valence-corrected chi connectivity index (χ2v) is 13.7. The molecule has 3 fully saturated rings. The smallest absolute Gasteiger partial charge is 0.410 e. The SMILES string of the molecule is O=C(O[C@H](Cc1cc(Cl)c(O)c(Cl)c1)C(=O)N1CCN(C2CCCCC2)CC1)N1CCC(N2CCc3ccccc3NC2=O)CC1. The van der Waals surface area contributed by atoms with Gasteiger partial charge >= 0.3 is 12.1 Å². The summed E-state index contributed by atoms with van der Waals surface area (Å²) >= 11 is 12.4. The summed E-state index contributed by atoms with van der Waals surface area (Å²) < 4.78 is 5.97. The van der Waals surface area contributed by atoms with Crippen LogP contribution in [0, 0.1) is 0 Å². The molecule has 4 aliphatic rings. The van der Waals surface area contributed by atoms with E-state index in [0.717, 1.165) is 30.8 Å². The van der Waals surface area contributed by atoms with Crippen LogP contribution in [0.4, 0.5) is 15.3 Å². The van der Waals surface area contributed by atoms with Crippen molar-refractivity contribution in [2.75, 3.05) is 51.1 Å². The number of carbonyl (C=O) groups is 3. The third-order valence-corrected chi connectivity index (χ3v) is 10.6. The summed E-state index contributed by atoms with van der Waals surface area (Å²) in [4.78, 5) is 48.3. The Morgan fingerprint density at radius 2 is 1.54 bits per heavy atom. The molecular weight excluding hydrogens is 629 g/mol. The molecule has 1 atom stereocenters. The lowest BCUT2D eigenvalue weighted by Crippen LogP contribution is -2.55. The van der Waals surface area contributed by atoms with Crippen LogP contribution in [0.3, 0.4) is 0 Å². The van der Waals surface area contributed by atoms with Crippen LogP contribution < -0.4 is 5.32 Å². The van der Waals surface area contributed by atoms with Gasteiger partial charge in [0.2, 0.25) is 0 Å². The van der Waals surface area contributed by atoms with Crippen LogP contribution in [0.15, 0.2) is 36.4 Å². The van der Waals surface area contributed by atoms with Crippen LogP contribution >= 0.6 is 23.2 Å². The van der Waals surface area contributed by atoms with Crippen molar-refractivity contribution < 1.29 is 24.2 Å². The molecule has 1 saturated carbocycles. The normalized spacial score (nSPS) is 20.9. The van der Waals surface area contributed by atoms with Gasteiger partial charge in [-0.1, -0.05) is 60.7 Å². The van der Waals surface area contributed by atoms with Gasteiger partial charge in [0.1, 0.15) is 0 Å². The van der Waals surface area contributed by atoms with E-state index in [9.17, 15) is 19.5 Å². The Morgan fingerprint density at radius 1 is 0.870 bits per heavy atom. The molecule has 10 nitrogen and oxygen atoms in total. The first-order valence-electron chi connectivity index (χ1n) is 16.6. The first-order valence-corrected chi connectivity index (χ1v) is 17.3. The molecule has 2 aromatic carbocycles. The molecule has 2 saturated heterocycles. The number of carbonyl (C=O) groups excluding carboxylic acids is 3. The van der Waals surface area contributed by atoms with Crippen molar-refractivity contribution in [3.05, 3.63) is 57.6 Å². The minimum absolute atomic E-state index is 0.00229. The number of amides is 4. The van der Waals surface area contributed by atoms with Gasteiger partial charge < -0.3 is 29.9 Å². The predicted octanol–water partition coefficient (Wildman–Crippen LogP) is 5.78. The number of ether oxygens (including phenoxy) is 1. The van der Waals surface area contributed by atoms with Crippen molar-refractivity contribution in [1.82, 2.24) is 19.6 Å². The molecular formula is C34H43Cl2N5O5. The molecule has 0 spiro atoms. The number of rotatable bonds is 6. The molecule has 3 heterocycles. The second-order valence-electron chi connectivity index (χ2n) is 12.9. The Kier molecular flexibility index (Phi) is 10.5. The number of anilines is 1. The standard InChI is InChI=1S/C34H43Cl2N5O5/c35-27-20-23(21-28(36)31(27)42)22-30(32(43)39-18-16-38(17-19-39)25-7-2-1-3-8-25)46-34(45)40-13-11-26(12-14-40)41-15-10-24-6-4-5-9-29(24)37-33(41)44/h4-6,9,20-21,25-26,30,42H,1-3,7-8,10-19,22H2,(H,37,44)/t30-/m1/s1. The summed E-state index contributed by atoms with van der Waals surface area (Å²) in [7, 11) is 0. The molecule has 3 aliphatic heterocycles. The maximum Gasteiger partial charge on any atom is 0.410 e. The van der Waals surface area contributed by atoms with Gasteiger partial charge in [-0.05, 0) is 61.4 Å². The van der Waals surface area contributed by atoms with E-state index in [0.29, 0.717) is 57.2 Å². The molecule has 2 N–H and O–H groups in total. The van der Waals surface area contributed by atoms with Crippen molar-refractivity contribution in [2.24, 2.45) is 0 Å². The molecule has 12 heteroatoms. The fraction of sp³-hybridized carbons (Fsp3) is 0.559. The Labute approximate surface area is 280 Å². The van der Waals surface area contributed by atoms with E-state index in [2.05, 4.69) is 10.2 Å². The number of para-hydroxylation sites is 1. The van der Waals surface area contributed by atoms with E-state index in [1.165, 1.54) is 32.1 Å². The van der Waals surface area contributed by atoms with Crippen molar-refractivity contribution in [3.63, 3.8) is 0 Å². The number of fused-ring (bicyclic) bond motifs is 1. The number of likely N-dealkylation sites (tertiary alicyclic amines) is 1. The van der Waals surface area contributed by atoms with Crippen LogP contribution in [0.25, 0.3) is 0 Å². The summed E-state index contributed by atoms with van der Waals surface area (Å²) in [5.41, 5.74) is 2.55. The molecule has 0 bridgehead atoms. The highest BCUT2D eigenvalue weighted by Gasteiger charge is 2.36. The zero-order valence-electron chi connectivity index (χ0n) is 26.1. The highest BCUT2D eigenvalue weighted by atomic mass is 35.5. The number of phenolic OH excluding ortho intramolecular Hbond substituents is 1. The first-order chi connectivity index (χ1) is 22.3. The maximum atomic E-state index is 13.9. The van der Waals surface area contributed by atoms with Crippen molar-refractivity contribution in [1.29, 1.82) is 0 Å². The van der Waals surface area contributed by atoms with Gasteiger partial charge in [-0.3, -0.25) is 9.69 Å². The highest BCUT2D eigenvalue weighted by molar-refractivity contribution is 6.37. The number of piperazine rings is 1. The molecule has 2 aromatic rings. The molecule has 0 aromatic heterocycles. The number of urea groups is 1. The molecule has 0 radical (unpaired) electrons. The van der Waals surface area contributed by atoms with E-state index in [1.54, 1.807) is 21.9 Å². The summed E-state index contributed by atoms with van der Waals surface area (Å²) in [6.45, 7) is 4.20. The summed E-state index contributed by atoms with van der Waals surface area (Å²) in [6.07, 6.45) is 6.69. The lowest BCUT2D eigenvalue weighted by molar-refractivity contribution is -0.143. The molecule has 248 valence electrons. The van der Waals surface area contributed by atoms with Crippen molar-refractivity contribution >= 4 is 46.9 Å². The van der Waals surface area contributed by atoms with Crippen molar-refractivity contribution in [3.8, 4) is 5.75 Å². The maximum absolute atomic E-state index is 13.9. The van der Waals surface area contributed by atoms with E-state index in [-0.39, 0.29) is 40.2 Å². The predicted molar refractivity (Wildman–Crippen MR) is 178 cm³/mol. The third kappa shape index (κ3) is 7.50. The van der Waals surface area contributed by atoms with E-state index in [4.69, 9.17) is 27.9 Å². The molecule has 1 aliphatic carbocycles. The highest BCUT2D eigenvalue weighted by Crippen LogP contribution is 2.34. The third-order valence-electron chi connectivity index (χ3n) is 10.0. The number of nitrogens with one attached hydrogen (secondary N) is 1. The molecule has 0 unspecified atom stereocenters. The zero-order chi connectivity index (χ0) is 32.2. The van der Waals surface area contributed by atoms with Crippen LogP contribution in [0.5, 0.6) is 5.75 Å². The monoisotopic (exact) mass is 671 g/mol. The Hall–Kier alpha value is -3.21. The Morgan fingerprint density at radius 3 is 2.24 bits per heavy atom. The van der Waals surface area contributed by atoms with Gasteiger partial charge in [-0.2, -0.15) is 0 Å².